The van der Waals surface area contributed by atoms with Gasteiger partial charge in [0, 0.05) is 12.1 Å². The van der Waals surface area contributed by atoms with Gasteiger partial charge in [-0.15, -0.1) is 0 Å². The van der Waals surface area contributed by atoms with Crippen molar-refractivity contribution in [3.8, 4) is 11.5 Å². The Balaban J connectivity index is 1.97. The summed E-state index contributed by atoms with van der Waals surface area (Å²) in [6.45, 7) is 3.69. The van der Waals surface area contributed by atoms with E-state index in [2.05, 4.69) is 18.3 Å². The lowest BCUT2D eigenvalue weighted by molar-refractivity contribution is 0.303. The van der Waals surface area contributed by atoms with Gasteiger partial charge < -0.3 is 14.8 Å². The molecule has 1 N–H and O–H groups in total. The minimum atomic E-state index is 0.713. The van der Waals surface area contributed by atoms with E-state index in [1.165, 1.54) is 12.8 Å². The number of benzene rings is 2. The minimum absolute atomic E-state index is 0.713. The predicted molar refractivity (Wildman–Crippen MR) is 91.8 cm³/mol. The Bertz CT molecular complexity index is 569. The summed E-state index contributed by atoms with van der Waals surface area (Å²) in [6, 6.07) is 16.1. The molecule has 0 aliphatic rings. The van der Waals surface area contributed by atoms with E-state index in [0.29, 0.717) is 6.54 Å². The molecule has 0 saturated carbocycles. The number of methoxy groups -OCH3 is 1. The van der Waals surface area contributed by atoms with E-state index in [1.807, 2.05) is 42.5 Å². The first kappa shape index (κ1) is 16.2. The molecule has 0 saturated heterocycles. The molecular formula is C19H25NO2. The SMILES string of the molecule is CCCCCOc1ccccc1CNc1ccccc1OC. The van der Waals surface area contributed by atoms with Crippen LogP contribution in [0.2, 0.25) is 0 Å². The lowest BCUT2D eigenvalue weighted by atomic mass is 10.2. The van der Waals surface area contributed by atoms with Gasteiger partial charge in [0.15, 0.2) is 0 Å². The highest BCUT2D eigenvalue weighted by atomic mass is 16.5. The topological polar surface area (TPSA) is 30.5 Å². The fourth-order valence-corrected chi connectivity index (χ4v) is 2.31. The van der Waals surface area contributed by atoms with E-state index in [9.17, 15) is 0 Å². The fourth-order valence-electron chi connectivity index (χ4n) is 2.31. The second-order valence-corrected chi connectivity index (χ2v) is 5.22. The van der Waals surface area contributed by atoms with Crippen LogP contribution in [0.15, 0.2) is 48.5 Å². The monoisotopic (exact) mass is 299 g/mol. The quantitative estimate of drug-likeness (QED) is 0.670. The van der Waals surface area contributed by atoms with Crippen LogP contribution in [0, 0.1) is 0 Å². The van der Waals surface area contributed by atoms with Crippen molar-refractivity contribution in [3.63, 3.8) is 0 Å². The van der Waals surface area contributed by atoms with Gasteiger partial charge >= 0.3 is 0 Å². The smallest absolute Gasteiger partial charge is 0.141 e. The predicted octanol–water partition coefficient (Wildman–Crippen LogP) is 4.88. The summed E-state index contributed by atoms with van der Waals surface area (Å²) in [4.78, 5) is 0. The van der Waals surface area contributed by atoms with Crippen LogP contribution >= 0.6 is 0 Å². The lowest BCUT2D eigenvalue weighted by Crippen LogP contribution is -2.05. The molecular weight excluding hydrogens is 274 g/mol. The standard InChI is InChI=1S/C19H25NO2/c1-3-4-9-14-22-18-12-7-5-10-16(18)15-20-17-11-6-8-13-19(17)21-2/h5-8,10-13,20H,3-4,9,14-15H2,1-2H3. The van der Waals surface area contributed by atoms with Crippen LogP contribution in [0.1, 0.15) is 31.7 Å². The number of hydrogen-bond acceptors (Lipinski definition) is 3. The Morgan fingerprint density at radius 3 is 2.41 bits per heavy atom. The molecule has 0 bridgehead atoms. The van der Waals surface area contributed by atoms with Crippen molar-refractivity contribution < 1.29 is 9.47 Å². The summed E-state index contributed by atoms with van der Waals surface area (Å²) in [5.74, 6) is 1.81. The van der Waals surface area contributed by atoms with Gasteiger partial charge in [0.1, 0.15) is 11.5 Å². The minimum Gasteiger partial charge on any atom is -0.495 e. The van der Waals surface area contributed by atoms with E-state index in [0.717, 1.165) is 35.8 Å². The number of hydrogen-bond donors (Lipinski definition) is 1. The molecule has 22 heavy (non-hydrogen) atoms. The van der Waals surface area contributed by atoms with Crippen molar-refractivity contribution in [2.75, 3.05) is 19.0 Å². The van der Waals surface area contributed by atoms with Crippen molar-refractivity contribution in [1.82, 2.24) is 0 Å². The maximum absolute atomic E-state index is 5.91. The average molecular weight is 299 g/mol. The highest BCUT2D eigenvalue weighted by molar-refractivity contribution is 5.56. The zero-order valence-electron chi connectivity index (χ0n) is 13.5. The first-order valence-electron chi connectivity index (χ1n) is 7.92. The normalized spacial score (nSPS) is 10.3. The van der Waals surface area contributed by atoms with Crippen molar-refractivity contribution in [3.05, 3.63) is 54.1 Å². The number of anilines is 1. The molecule has 2 aromatic carbocycles. The second kappa shape index (κ2) is 8.98. The molecule has 0 atom stereocenters. The number of ether oxygens (including phenoxy) is 2. The Labute approximate surface area is 133 Å². The largest absolute Gasteiger partial charge is 0.495 e. The number of para-hydroxylation sites is 3. The number of rotatable bonds is 9. The van der Waals surface area contributed by atoms with Crippen LogP contribution in [0.3, 0.4) is 0 Å². The first-order valence-corrected chi connectivity index (χ1v) is 7.92. The van der Waals surface area contributed by atoms with Crippen molar-refractivity contribution in [1.29, 1.82) is 0 Å². The van der Waals surface area contributed by atoms with Gasteiger partial charge in [0.25, 0.3) is 0 Å². The molecule has 0 amide bonds. The highest BCUT2D eigenvalue weighted by Gasteiger charge is 2.05. The van der Waals surface area contributed by atoms with Gasteiger partial charge in [0.2, 0.25) is 0 Å². The van der Waals surface area contributed by atoms with Gasteiger partial charge in [-0.25, -0.2) is 0 Å². The number of nitrogens with one attached hydrogen (secondary N) is 1. The van der Waals surface area contributed by atoms with E-state index in [1.54, 1.807) is 7.11 Å². The molecule has 0 unspecified atom stereocenters. The van der Waals surface area contributed by atoms with Crippen molar-refractivity contribution >= 4 is 5.69 Å². The summed E-state index contributed by atoms with van der Waals surface area (Å²) in [5, 5.41) is 3.42. The van der Waals surface area contributed by atoms with Gasteiger partial charge in [-0.3, -0.25) is 0 Å². The molecule has 3 heteroatoms. The van der Waals surface area contributed by atoms with E-state index >= 15 is 0 Å². The number of unbranched alkanes of at least 4 members (excludes halogenated alkanes) is 2. The molecule has 0 aromatic heterocycles. The molecule has 0 spiro atoms. The summed E-state index contributed by atoms with van der Waals surface area (Å²) < 4.78 is 11.3. The summed E-state index contributed by atoms with van der Waals surface area (Å²) in [7, 11) is 1.69. The Hall–Kier alpha value is -2.16. The average Bonchev–Trinajstić information content (AvgIpc) is 2.58. The van der Waals surface area contributed by atoms with E-state index < -0.39 is 0 Å². The van der Waals surface area contributed by atoms with Crippen LogP contribution < -0.4 is 14.8 Å². The maximum atomic E-state index is 5.91. The molecule has 0 aliphatic carbocycles. The van der Waals surface area contributed by atoms with Crippen molar-refractivity contribution in [2.45, 2.75) is 32.7 Å². The third kappa shape index (κ3) is 4.69. The molecule has 0 heterocycles. The second-order valence-electron chi connectivity index (χ2n) is 5.22. The summed E-state index contributed by atoms with van der Waals surface area (Å²) in [6.07, 6.45) is 3.52. The Morgan fingerprint density at radius 2 is 1.64 bits per heavy atom. The van der Waals surface area contributed by atoms with Gasteiger partial charge in [-0.05, 0) is 24.6 Å². The first-order chi connectivity index (χ1) is 10.8. The van der Waals surface area contributed by atoms with Crippen LogP contribution in [0.25, 0.3) is 0 Å². The zero-order chi connectivity index (χ0) is 15.6. The van der Waals surface area contributed by atoms with Crippen LogP contribution in [-0.2, 0) is 6.54 Å². The van der Waals surface area contributed by atoms with Gasteiger partial charge in [-0.2, -0.15) is 0 Å². The zero-order valence-corrected chi connectivity index (χ0v) is 13.5. The van der Waals surface area contributed by atoms with Crippen LogP contribution in [0.4, 0.5) is 5.69 Å². The molecule has 3 nitrogen and oxygen atoms in total. The van der Waals surface area contributed by atoms with Crippen LogP contribution in [-0.4, -0.2) is 13.7 Å². The van der Waals surface area contributed by atoms with Crippen molar-refractivity contribution in [2.24, 2.45) is 0 Å². The molecule has 0 fully saturated rings. The highest BCUT2D eigenvalue weighted by Crippen LogP contribution is 2.25. The molecule has 2 rings (SSSR count). The molecule has 118 valence electrons. The Morgan fingerprint density at radius 1 is 0.909 bits per heavy atom. The maximum Gasteiger partial charge on any atom is 0.141 e. The van der Waals surface area contributed by atoms with Crippen LogP contribution in [0.5, 0.6) is 11.5 Å². The molecule has 0 aliphatic heterocycles. The Kier molecular flexibility index (Phi) is 6.62. The molecule has 2 aromatic rings. The van der Waals surface area contributed by atoms with Gasteiger partial charge in [0.05, 0.1) is 19.4 Å². The lowest BCUT2D eigenvalue weighted by Gasteiger charge is -2.14. The fraction of sp³-hybridized carbons (Fsp3) is 0.368. The van der Waals surface area contributed by atoms with E-state index in [4.69, 9.17) is 9.47 Å². The molecule has 0 radical (unpaired) electrons. The third-order valence-electron chi connectivity index (χ3n) is 3.55. The summed E-state index contributed by atoms with van der Waals surface area (Å²) >= 11 is 0. The third-order valence-corrected chi connectivity index (χ3v) is 3.55. The van der Waals surface area contributed by atoms with E-state index in [-0.39, 0.29) is 0 Å². The van der Waals surface area contributed by atoms with Gasteiger partial charge in [-0.1, -0.05) is 50.1 Å². The summed E-state index contributed by atoms with van der Waals surface area (Å²) in [5.41, 5.74) is 2.15.